The predicted octanol–water partition coefficient (Wildman–Crippen LogP) is 1.98. The van der Waals surface area contributed by atoms with Crippen molar-refractivity contribution in [3.8, 4) is 0 Å². The fourth-order valence-electron chi connectivity index (χ4n) is 1.99. The van der Waals surface area contributed by atoms with E-state index in [1.165, 1.54) is 0 Å². The molecule has 0 radical (unpaired) electrons. The molecule has 13 heavy (non-hydrogen) atoms. The summed E-state index contributed by atoms with van der Waals surface area (Å²) in [6.07, 6.45) is 6.04. The maximum absolute atomic E-state index is 11.6. The lowest BCUT2D eigenvalue weighted by atomic mass is 9.77. The Morgan fingerprint density at radius 1 is 1.54 bits per heavy atom. The van der Waals surface area contributed by atoms with Crippen LogP contribution in [0.4, 0.5) is 0 Å². The normalized spacial score (nSPS) is 35.3. The highest BCUT2D eigenvalue weighted by atomic mass is 79.9. The molecule has 0 aromatic carbocycles. The summed E-state index contributed by atoms with van der Waals surface area (Å²) in [5, 5.41) is 2.92. The van der Waals surface area contributed by atoms with Crippen molar-refractivity contribution in [1.29, 1.82) is 0 Å². The van der Waals surface area contributed by atoms with Crippen LogP contribution in [0.2, 0.25) is 0 Å². The largest absolute Gasteiger partial charge is 0.329 e. The van der Waals surface area contributed by atoms with Gasteiger partial charge < -0.3 is 5.32 Å². The molecule has 1 aliphatic carbocycles. The van der Waals surface area contributed by atoms with Gasteiger partial charge in [-0.3, -0.25) is 4.79 Å². The number of carbonyl (C=O) groups is 1. The van der Waals surface area contributed by atoms with E-state index < -0.39 is 0 Å². The lowest BCUT2D eigenvalue weighted by Gasteiger charge is -2.28. The monoisotopic (exact) mass is 241 g/mol. The smallest absolute Gasteiger partial charge is 0.230 e. The van der Waals surface area contributed by atoms with E-state index in [1.807, 2.05) is 26.0 Å². The second-order valence-electron chi connectivity index (χ2n) is 4.10. The Kier molecular flexibility index (Phi) is 1.88. The highest BCUT2D eigenvalue weighted by molar-refractivity contribution is 9.09. The van der Waals surface area contributed by atoms with Crippen LogP contribution in [0, 0.1) is 11.3 Å². The molecule has 2 rings (SSSR count). The average Bonchev–Trinajstić information content (AvgIpc) is 2.24. The van der Waals surface area contributed by atoms with Gasteiger partial charge in [0.25, 0.3) is 0 Å². The van der Waals surface area contributed by atoms with Gasteiger partial charge in [-0.1, -0.05) is 41.9 Å². The van der Waals surface area contributed by atoms with E-state index in [0.717, 1.165) is 5.70 Å². The molecule has 1 heterocycles. The van der Waals surface area contributed by atoms with Crippen molar-refractivity contribution in [2.75, 3.05) is 0 Å². The number of allylic oxidation sites excluding steroid dienone is 4. The van der Waals surface area contributed by atoms with E-state index >= 15 is 0 Å². The van der Waals surface area contributed by atoms with Crippen LogP contribution in [0.1, 0.15) is 13.8 Å². The summed E-state index contributed by atoms with van der Waals surface area (Å²) in [5.41, 5.74) is 0.740. The molecule has 1 N–H and O–H groups in total. The van der Waals surface area contributed by atoms with Gasteiger partial charge in [0, 0.05) is 16.4 Å². The molecule has 2 unspecified atom stereocenters. The van der Waals surface area contributed by atoms with Crippen LogP contribution in [0.5, 0.6) is 0 Å². The Morgan fingerprint density at radius 3 is 2.85 bits per heavy atom. The number of alkyl halides is 1. The number of halogens is 1. The Labute approximate surface area is 86.2 Å². The van der Waals surface area contributed by atoms with E-state index in [4.69, 9.17) is 0 Å². The summed E-state index contributed by atoms with van der Waals surface area (Å²) < 4.78 is 0. The van der Waals surface area contributed by atoms with E-state index in [1.54, 1.807) is 0 Å². The van der Waals surface area contributed by atoms with E-state index in [9.17, 15) is 4.79 Å². The van der Waals surface area contributed by atoms with Crippen molar-refractivity contribution in [2.45, 2.75) is 18.7 Å². The molecule has 2 nitrogen and oxygen atoms in total. The first-order valence-corrected chi connectivity index (χ1v) is 5.29. The number of nitrogens with one attached hydrogen (secondary N) is 1. The van der Waals surface area contributed by atoms with Crippen LogP contribution >= 0.6 is 15.9 Å². The lowest BCUT2D eigenvalue weighted by molar-refractivity contribution is -0.127. The second-order valence-corrected chi connectivity index (χ2v) is 5.16. The Balaban J connectivity index is 2.43. The summed E-state index contributed by atoms with van der Waals surface area (Å²) in [4.78, 5) is 11.9. The van der Waals surface area contributed by atoms with E-state index in [0.29, 0.717) is 0 Å². The molecule has 0 saturated carbocycles. The summed E-state index contributed by atoms with van der Waals surface area (Å²) >= 11 is 3.58. The first kappa shape index (κ1) is 9.00. The molecule has 70 valence electrons. The zero-order chi connectivity index (χ0) is 9.64. The summed E-state index contributed by atoms with van der Waals surface area (Å²) in [6.45, 7) is 3.97. The maximum Gasteiger partial charge on any atom is 0.230 e. The van der Waals surface area contributed by atoms with Gasteiger partial charge in [0.15, 0.2) is 0 Å². The number of hydrogen-bond donors (Lipinski definition) is 1. The number of hydrogen-bond acceptors (Lipinski definition) is 1. The molecule has 1 aliphatic heterocycles. The molecule has 2 atom stereocenters. The average molecular weight is 242 g/mol. The van der Waals surface area contributed by atoms with Gasteiger partial charge in [-0.2, -0.15) is 0 Å². The molecule has 2 aliphatic rings. The molecular formula is C10H12BrNO. The highest BCUT2D eigenvalue weighted by Crippen LogP contribution is 2.44. The Bertz CT molecular complexity index is 317. The van der Waals surface area contributed by atoms with Crippen LogP contribution in [0.25, 0.3) is 0 Å². The first-order valence-electron chi connectivity index (χ1n) is 4.37. The summed E-state index contributed by atoms with van der Waals surface area (Å²) in [5.74, 6) is 0.377. The minimum atomic E-state index is -0.301. The van der Waals surface area contributed by atoms with Gasteiger partial charge in [0.05, 0.1) is 5.41 Å². The van der Waals surface area contributed by atoms with Gasteiger partial charge in [-0.25, -0.2) is 0 Å². The number of fused-ring (bicyclic) bond motifs is 1. The number of rotatable bonds is 0. The highest BCUT2D eigenvalue weighted by Gasteiger charge is 2.48. The lowest BCUT2D eigenvalue weighted by Crippen LogP contribution is -2.32. The van der Waals surface area contributed by atoms with Crippen molar-refractivity contribution in [1.82, 2.24) is 5.32 Å². The minimum absolute atomic E-state index is 0.122. The maximum atomic E-state index is 11.6. The molecule has 0 spiro atoms. The first-order chi connectivity index (χ1) is 6.03. The van der Waals surface area contributed by atoms with Crippen molar-refractivity contribution in [2.24, 2.45) is 11.3 Å². The van der Waals surface area contributed by atoms with Crippen molar-refractivity contribution in [3.05, 3.63) is 23.9 Å². The molecular weight excluding hydrogens is 230 g/mol. The summed E-state index contributed by atoms with van der Waals surface area (Å²) in [6, 6.07) is 0. The Morgan fingerprint density at radius 2 is 2.23 bits per heavy atom. The topological polar surface area (TPSA) is 29.1 Å². The standard InChI is InChI=1S/C10H12BrNO/c1-10(2)8-6(11)4-3-5-7(8)12-9(10)13/h3-6,8H,1-2H3,(H,12,13). The fraction of sp³-hybridized carbons (Fsp3) is 0.500. The third-order valence-electron chi connectivity index (χ3n) is 2.84. The second kappa shape index (κ2) is 2.71. The van der Waals surface area contributed by atoms with Crippen molar-refractivity contribution in [3.63, 3.8) is 0 Å². The zero-order valence-electron chi connectivity index (χ0n) is 7.67. The van der Waals surface area contributed by atoms with Crippen LogP contribution in [-0.2, 0) is 4.79 Å². The number of carbonyl (C=O) groups excluding carboxylic acids is 1. The van der Waals surface area contributed by atoms with Crippen LogP contribution in [0.15, 0.2) is 23.9 Å². The minimum Gasteiger partial charge on any atom is -0.329 e. The fourth-order valence-corrected chi connectivity index (χ4v) is 3.11. The molecule has 1 amide bonds. The SMILES string of the molecule is CC1(C)C(=O)NC2=CC=CC(Br)C21. The van der Waals surface area contributed by atoms with E-state index in [-0.39, 0.29) is 22.1 Å². The van der Waals surface area contributed by atoms with Crippen LogP contribution < -0.4 is 5.32 Å². The zero-order valence-corrected chi connectivity index (χ0v) is 9.26. The van der Waals surface area contributed by atoms with Crippen LogP contribution in [0.3, 0.4) is 0 Å². The third kappa shape index (κ3) is 1.17. The molecule has 1 saturated heterocycles. The molecule has 0 aromatic heterocycles. The number of amides is 1. The Hall–Kier alpha value is -0.570. The van der Waals surface area contributed by atoms with E-state index in [2.05, 4.69) is 27.3 Å². The molecule has 3 heteroatoms. The van der Waals surface area contributed by atoms with Gasteiger partial charge >= 0.3 is 0 Å². The molecule has 0 bridgehead atoms. The van der Waals surface area contributed by atoms with Crippen molar-refractivity contribution < 1.29 is 4.79 Å². The quantitative estimate of drug-likeness (QED) is 0.646. The van der Waals surface area contributed by atoms with Crippen LogP contribution in [-0.4, -0.2) is 10.7 Å². The van der Waals surface area contributed by atoms with Crippen molar-refractivity contribution >= 4 is 21.8 Å². The van der Waals surface area contributed by atoms with Gasteiger partial charge in [-0.15, -0.1) is 0 Å². The van der Waals surface area contributed by atoms with Gasteiger partial charge in [0.1, 0.15) is 0 Å². The third-order valence-corrected chi connectivity index (χ3v) is 3.68. The molecule has 0 aromatic rings. The van der Waals surface area contributed by atoms with Gasteiger partial charge in [-0.05, 0) is 6.08 Å². The molecule has 1 fully saturated rings. The van der Waals surface area contributed by atoms with Gasteiger partial charge in [0.2, 0.25) is 5.91 Å². The predicted molar refractivity (Wildman–Crippen MR) is 55.4 cm³/mol. The summed E-state index contributed by atoms with van der Waals surface area (Å²) in [7, 11) is 0.